The number of hydrogen-bond donors (Lipinski definition) is 0. The third-order valence-electron chi connectivity index (χ3n) is 3.24. The Morgan fingerprint density at radius 1 is 1.47 bits per heavy atom. The molecule has 0 aliphatic heterocycles. The highest BCUT2D eigenvalue weighted by Gasteiger charge is 2.43. The summed E-state index contributed by atoms with van der Waals surface area (Å²) in [7, 11) is 1.44. The lowest BCUT2D eigenvalue weighted by atomic mass is 10.1. The maximum atomic E-state index is 11.2. The average Bonchev–Trinajstić information content (AvgIpc) is 3.09. The van der Waals surface area contributed by atoms with Gasteiger partial charge in [-0.3, -0.25) is 4.79 Å². The molecule has 0 bridgehead atoms. The standard InChI is InChI=1S/C13H14Cl2O2/c1-17-13(16)10-7-9(10)6-5-8-3-2-4-11(14)12(8)15/h2-4,9-10H,5-7H2,1H3. The Morgan fingerprint density at radius 2 is 2.24 bits per heavy atom. The average molecular weight is 273 g/mol. The summed E-state index contributed by atoms with van der Waals surface area (Å²) in [5, 5.41) is 1.22. The van der Waals surface area contributed by atoms with E-state index in [1.54, 1.807) is 6.07 Å². The van der Waals surface area contributed by atoms with Gasteiger partial charge in [-0.25, -0.2) is 0 Å². The van der Waals surface area contributed by atoms with Crippen LogP contribution >= 0.6 is 23.2 Å². The molecule has 4 heteroatoms. The maximum absolute atomic E-state index is 11.2. The molecule has 1 aromatic rings. The molecule has 0 radical (unpaired) electrons. The first-order chi connectivity index (χ1) is 8.13. The molecular formula is C13H14Cl2O2. The van der Waals surface area contributed by atoms with Crippen LogP contribution in [0.4, 0.5) is 0 Å². The quantitative estimate of drug-likeness (QED) is 0.781. The smallest absolute Gasteiger partial charge is 0.308 e. The van der Waals surface area contributed by atoms with E-state index in [1.165, 1.54) is 7.11 Å². The van der Waals surface area contributed by atoms with Crippen LogP contribution in [0.25, 0.3) is 0 Å². The highest BCUT2D eigenvalue weighted by Crippen LogP contribution is 2.43. The summed E-state index contributed by atoms with van der Waals surface area (Å²) >= 11 is 12.0. The molecule has 1 aliphatic rings. The maximum Gasteiger partial charge on any atom is 0.308 e. The SMILES string of the molecule is COC(=O)C1CC1CCc1cccc(Cl)c1Cl. The van der Waals surface area contributed by atoms with E-state index >= 15 is 0 Å². The van der Waals surface area contributed by atoms with Gasteiger partial charge >= 0.3 is 5.97 Å². The summed E-state index contributed by atoms with van der Waals surface area (Å²) in [6.07, 6.45) is 2.75. The number of halogens is 2. The molecule has 1 saturated carbocycles. The van der Waals surface area contributed by atoms with Crippen molar-refractivity contribution in [1.29, 1.82) is 0 Å². The van der Waals surface area contributed by atoms with E-state index in [9.17, 15) is 4.79 Å². The second kappa shape index (κ2) is 5.28. The minimum Gasteiger partial charge on any atom is -0.469 e. The fourth-order valence-electron chi connectivity index (χ4n) is 2.09. The first-order valence-electron chi connectivity index (χ1n) is 5.64. The van der Waals surface area contributed by atoms with Gasteiger partial charge in [0, 0.05) is 0 Å². The lowest BCUT2D eigenvalue weighted by molar-refractivity contribution is -0.142. The molecule has 0 saturated heterocycles. The first kappa shape index (κ1) is 12.7. The Kier molecular flexibility index (Phi) is 3.95. The fourth-order valence-corrected chi connectivity index (χ4v) is 2.50. The van der Waals surface area contributed by atoms with Crippen molar-refractivity contribution in [2.45, 2.75) is 19.3 Å². The molecule has 2 nitrogen and oxygen atoms in total. The second-order valence-corrected chi connectivity index (χ2v) is 5.16. The Morgan fingerprint density at radius 3 is 2.94 bits per heavy atom. The van der Waals surface area contributed by atoms with Gasteiger partial charge in [0.2, 0.25) is 0 Å². The van der Waals surface area contributed by atoms with Gasteiger partial charge in [-0.05, 0) is 36.8 Å². The van der Waals surface area contributed by atoms with E-state index in [2.05, 4.69) is 0 Å². The van der Waals surface area contributed by atoms with Crippen molar-refractivity contribution < 1.29 is 9.53 Å². The van der Waals surface area contributed by atoms with Crippen molar-refractivity contribution in [3.63, 3.8) is 0 Å². The lowest BCUT2D eigenvalue weighted by Gasteiger charge is -2.05. The van der Waals surface area contributed by atoms with Crippen LogP contribution in [0.15, 0.2) is 18.2 Å². The molecular weight excluding hydrogens is 259 g/mol. The summed E-state index contributed by atoms with van der Waals surface area (Å²) in [5.41, 5.74) is 1.05. The van der Waals surface area contributed by atoms with Crippen molar-refractivity contribution >= 4 is 29.2 Å². The van der Waals surface area contributed by atoms with Crippen LogP contribution in [0.2, 0.25) is 10.0 Å². The Labute approximate surface area is 111 Å². The number of rotatable bonds is 4. The number of esters is 1. The predicted octanol–water partition coefficient (Wildman–Crippen LogP) is 3.74. The van der Waals surface area contributed by atoms with Crippen LogP contribution in [0.3, 0.4) is 0 Å². The molecule has 1 aromatic carbocycles. The number of ether oxygens (including phenoxy) is 1. The van der Waals surface area contributed by atoms with Gasteiger partial charge in [0.1, 0.15) is 0 Å². The lowest BCUT2D eigenvalue weighted by Crippen LogP contribution is -2.04. The number of hydrogen-bond acceptors (Lipinski definition) is 2. The van der Waals surface area contributed by atoms with E-state index in [0.717, 1.165) is 24.8 Å². The van der Waals surface area contributed by atoms with Gasteiger partial charge < -0.3 is 4.74 Å². The molecule has 0 heterocycles. The summed E-state index contributed by atoms with van der Waals surface area (Å²) in [6.45, 7) is 0. The number of aryl methyl sites for hydroxylation is 1. The van der Waals surface area contributed by atoms with Crippen LogP contribution in [0.5, 0.6) is 0 Å². The van der Waals surface area contributed by atoms with Crippen LogP contribution in [0.1, 0.15) is 18.4 Å². The predicted molar refractivity (Wildman–Crippen MR) is 68.4 cm³/mol. The molecule has 2 unspecified atom stereocenters. The summed E-state index contributed by atoms with van der Waals surface area (Å²) < 4.78 is 4.71. The van der Waals surface area contributed by atoms with Crippen LogP contribution in [-0.4, -0.2) is 13.1 Å². The van der Waals surface area contributed by atoms with E-state index in [-0.39, 0.29) is 11.9 Å². The highest BCUT2D eigenvalue weighted by molar-refractivity contribution is 6.42. The van der Waals surface area contributed by atoms with Crippen LogP contribution in [0, 0.1) is 11.8 Å². The van der Waals surface area contributed by atoms with Gasteiger partial charge in [-0.1, -0.05) is 35.3 Å². The Hall–Kier alpha value is -0.730. The van der Waals surface area contributed by atoms with Crippen molar-refractivity contribution in [3.8, 4) is 0 Å². The molecule has 0 aromatic heterocycles. The molecule has 2 atom stereocenters. The Balaban J connectivity index is 1.88. The van der Waals surface area contributed by atoms with E-state index in [4.69, 9.17) is 27.9 Å². The van der Waals surface area contributed by atoms with Gasteiger partial charge in [-0.2, -0.15) is 0 Å². The minimum atomic E-state index is -0.0906. The fraction of sp³-hybridized carbons (Fsp3) is 0.462. The molecule has 92 valence electrons. The molecule has 0 spiro atoms. The molecule has 1 aliphatic carbocycles. The summed E-state index contributed by atoms with van der Waals surface area (Å²) in [4.78, 5) is 11.2. The second-order valence-electron chi connectivity index (χ2n) is 4.38. The third kappa shape index (κ3) is 2.93. The number of carbonyl (C=O) groups is 1. The molecule has 0 amide bonds. The topological polar surface area (TPSA) is 26.3 Å². The van der Waals surface area contributed by atoms with E-state index < -0.39 is 0 Å². The first-order valence-corrected chi connectivity index (χ1v) is 6.39. The van der Waals surface area contributed by atoms with Crippen LogP contribution in [-0.2, 0) is 16.0 Å². The van der Waals surface area contributed by atoms with Gasteiger partial charge in [0.25, 0.3) is 0 Å². The van der Waals surface area contributed by atoms with Crippen molar-refractivity contribution in [2.75, 3.05) is 7.11 Å². The Bertz CT molecular complexity index is 431. The number of carbonyl (C=O) groups excluding carboxylic acids is 1. The largest absolute Gasteiger partial charge is 0.469 e. The molecule has 17 heavy (non-hydrogen) atoms. The monoisotopic (exact) mass is 272 g/mol. The van der Waals surface area contributed by atoms with E-state index in [0.29, 0.717) is 16.0 Å². The van der Waals surface area contributed by atoms with Gasteiger partial charge in [-0.15, -0.1) is 0 Å². The minimum absolute atomic E-state index is 0.0906. The van der Waals surface area contributed by atoms with Gasteiger partial charge in [0.15, 0.2) is 0 Å². The summed E-state index contributed by atoms with van der Waals surface area (Å²) in [6, 6.07) is 5.65. The van der Waals surface area contributed by atoms with Crippen LogP contribution < -0.4 is 0 Å². The third-order valence-corrected chi connectivity index (χ3v) is 4.10. The van der Waals surface area contributed by atoms with Crippen molar-refractivity contribution in [3.05, 3.63) is 33.8 Å². The zero-order valence-electron chi connectivity index (χ0n) is 9.58. The number of methoxy groups -OCH3 is 1. The zero-order chi connectivity index (χ0) is 12.4. The van der Waals surface area contributed by atoms with Crippen molar-refractivity contribution in [2.24, 2.45) is 11.8 Å². The molecule has 1 fully saturated rings. The van der Waals surface area contributed by atoms with E-state index in [1.807, 2.05) is 12.1 Å². The molecule has 0 N–H and O–H groups in total. The summed E-state index contributed by atoms with van der Waals surface area (Å²) in [5.74, 6) is 0.447. The zero-order valence-corrected chi connectivity index (χ0v) is 11.1. The molecule has 2 rings (SSSR count). The number of benzene rings is 1. The van der Waals surface area contributed by atoms with Crippen molar-refractivity contribution in [1.82, 2.24) is 0 Å². The van der Waals surface area contributed by atoms with Gasteiger partial charge in [0.05, 0.1) is 23.1 Å². The normalized spacial score (nSPS) is 22.3. The highest BCUT2D eigenvalue weighted by atomic mass is 35.5.